The molecule has 0 saturated heterocycles. The second-order valence-corrected chi connectivity index (χ2v) is 7.11. The Morgan fingerprint density at radius 1 is 1.23 bits per heavy atom. The van der Waals surface area contributed by atoms with Crippen LogP contribution in [0.1, 0.15) is 6.92 Å². The van der Waals surface area contributed by atoms with Crippen LogP contribution in [0.5, 0.6) is 5.75 Å². The first kappa shape index (κ1) is 16.7. The number of hydrogen-bond donors (Lipinski definition) is 0. The maximum Gasteiger partial charge on any atom is 0.410 e. The smallest absolute Gasteiger partial charge is 0.410 e. The van der Waals surface area contributed by atoms with Crippen LogP contribution in [0.15, 0.2) is 53.0 Å². The van der Waals surface area contributed by atoms with Crippen LogP contribution in [0.4, 0.5) is 5.69 Å². The fourth-order valence-corrected chi connectivity index (χ4v) is 3.93. The summed E-state index contributed by atoms with van der Waals surface area (Å²) in [6, 6.07) is 12.2. The number of hydrogen-bond acceptors (Lipinski definition) is 5. The molecule has 2 rings (SSSR count). The third-order valence-electron chi connectivity index (χ3n) is 2.70. The molecule has 22 heavy (non-hydrogen) atoms. The number of non-ortho nitro benzene ring substituents is 1. The zero-order valence-electron chi connectivity index (χ0n) is 11.6. The van der Waals surface area contributed by atoms with Crippen molar-refractivity contribution in [3.8, 4) is 5.75 Å². The highest BCUT2D eigenvalue weighted by molar-refractivity contribution is 9.10. The molecule has 0 aliphatic heterocycles. The lowest BCUT2D eigenvalue weighted by Gasteiger charge is -2.19. The minimum atomic E-state index is -3.56. The molecule has 0 aromatic heterocycles. The number of rotatable bonds is 6. The lowest BCUT2D eigenvalue weighted by molar-refractivity contribution is -0.384. The number of nitro benzene ring substituents is 1. The lowest BCUT2D eigenvalue weighted by Crippen LogP contribution is -2.12. The van der Waals surface area contributed by atoms with E-state index in [4.69, 9.17) is 9.05 Å². The third-order valence-corrected chi connectivity index (χ3v) is 5.15. The van der Waals surface area contributed by atoms with Crippen molar-refractivity contribution in [2.45, 2.75) is 6.92 Å². The van der Waals surface area contributed by atoms with Gasteiger partial charge in [-0.1, -0.05) is 22.0 Å². The Bertz CT molecular complexity index is 719. The van der Waals surface area contributed by atoms with E-state index in [1.807, 2.05) is 0 Å². The van der Waals surface area contributed by atoms with Gasteiger partial charge in [-0.3, -0.25) is 14.6 Å². The molecule has 0 unspecified atom stereocenters. The summed E-state index contributed by atoms with van der Waals surface area (Å²) in [6.07, 6.45) is 0. The van der Waals surface area contributed by atoms with E-state index in [2.05, 4.69) is 15.9 Å². The van der Waals surface area contributed by atoms with Crippen molar-refractivity contribution < 1.29 is 18.5 Å². The number of halogens is 1. The van der Waals surface area contributed by atoms with Crippen LogP contribution in [0.3, 0.4) is 0 Å². The molecule has 0 N–H and O–H groups in total. The predicted octanol–water partition coefficient (Wildman–Crippen LogP) is 4.29. The molecule has 2 aromatic carbocycles. The topological polar surface area (TPSA) is 78.7 Å². The van der Waals surface area contributed by atoms with Crippen molar-refractivity contribution in [3.63, 3.8) is 0 Å². The van der Waals surface area contributed by atoms with Crippen LogP contribution in [0, 0.1) is 10.1 Å². The summed E-state index contributed by atoms with van der Waals surface area (Å²) in [7, 11) is -3.56. The molecule has 8 heteroatoms. The molecule has 0 spiro atoms. The van der Waals surface area contributed by atoms with Gasteiger partial charge in [-0.05, 0) is 37.3 Å². The Morgan fingerprint density at radius 3 is 2.45 bits per heavy atom. The molecular weight excluding hydrogens is 373 g/mol. The first-order valence-electron chi connectivity index (χ1n) is 6.39. The van der Waals surface area contributed by atoms with Gasteiger partial charge in [0.25, 0.3) is 5.69 Å². The first-order valence-corrected chi connectivity index (χ1v) is 8.73. The van der Waals surface area contributed by atoms with Gasteiger partial charge in [0, 0.05) is 16.6 Å². The molecule has 0 radical (unpaired) electrons. The quantitative estimate of drug-likeness (QED) is 0.421. The van der Waals surface area contributed by atoms with Crippen LogP contribution in [-0.2, 0) is 9.09 Å². The zero-order valence-corrected chi connectivity index (χ0v) is 14.1. The molecule has 1 atom stereocenters. The Hall–Kier alpha value is -1.69. The van der Waals surface area contributed by atoms with Crippen molar-refractivity contribution in [1.82, 2.24) is 0 Å². The molecule has 6 nitrogen and oxygen atoms in total. The van der Waals surface area contributed by atoms with Gasteiger partial charge in [0.1, 0.15) is 5.75 Å². The zero-order chi connectivity index (χ0) is 16.2. The van der Waals surface area contributed by atoms with E-state index in [9.17, 15) is 14.7 Å². The summed E-state index contributed by atoms with van der Waals surface area (Å²) in [5.41, 5.74) is -0.0685. The van der Waals surface area contributed by atoms with Gasteiger partial charge in [0.15, 0.2) is 0 Å². The molecular formula is C14H13BrNO5P. The van der Waals surface area contributed by atoms with Crippen molar-refractivity contribution >= 4 is 34.5 Å². The molecule has 2 aromatic rings. The van der Waals surface area contributed by atoms with Crippen molar-refractivity contribution in [2.75, 3.05) is 6.61 Å². The summed E-state index contributed by atoms with van der Waals surface area (Å²) in [5, 5.41) is 11.0. The lowest BCUT2D eigenvalue weighted by atomic mass is 10.3. The predicted molar refractivity (Wildman–Crippen MR) is 86.7 cm³/mol. The second kappa shape index (κ2) is 7.05. The SMILES string of the molecule is CCO[P@](=O)(Oc1ccc([N+](=O)[O-])cc1)c1cccc(Br)c1. The average Bonchev–Trinajstić information content (AvgIpc) is 2.48. The van der Waals surface area contributed by atoms with E-state index in [1.165, 1.54) is 24.3 Å². The highest BCUT2D eigenvalue weighted by Crippen LogP contribution is 2.47. The summed E-state index contributed by atoms with van der Waals surface area (Å²) >= 11 is 3.31. The van der Waals surface area contributed by atoms with Crippen LogP contribution >= 0.6 is 23.5 Å². The molecule has 116 valence electrons. The van der Waals surface area contributed by atoms with Gasteiger partial charge in [-0.15, -0.1) is 0 Å². The Labute approximate surface area is 135 Å². The van der Waals surface area contributed by atoms with Gasteiger partial charge in [-0.2, -0.15) is 0 Å². The Kier molecular flexibility index (Phi) is 5.34. The van der Waals surface area contributed by atoms with Crippen LogP contribution in [0.2, 0.25) is 0 Å². The fraction of sp³-hybridized carbons (Fsp3) is 0.143. The number of nitro groups is 1. The van der Waals surface area contributed by atoms with Gasteiger partial charge in [0.05, 0.1) is 16.8 Å². The minimum Gasteiger partial charge on any atom is -0.421 e. The van der Waals surface area contributed by atoms with E-state index < -0.39 is 12.5 Å². The summed E-state index contributed by atoms with van der Waals surface area (Å²) in [6.45, 7) is 1.92. The van der Waals surface area contributed by atoms with Gasteiger partial charge in [-0.25, -0.2) is 4.57 Å². The van der Waals surface area contributed by atoms with Gasteiger partial charge in [0.2, 0.25) is 0 Å². The van der Waals surface area contributed by atoms with Gasteiger partial charge >= 0.3 is 7.60 Å². The minimum absolute atomic E-state index is 0.0685. The largest absolute Gasteiger partial charge is 0.421 e. The molecule has 0 fully saturated rings. The Balaban J connectivity index is 2.32. The van der Waals surface area contributed by atoms with E-state index in [-0.39, 0.29) is 18.0 Å². The maximum atomic E-state index is 13.0. The Morgan fingerprint density at radius 2 is 1.91 bits per heavy atom. The van der Waals surface area contributed by atoms with E-state index in [0.29, 0.717) is 5.30 Å². The fourth-order valence-electron chi connectivity index (χ4n) is 1.74. The van der Waals surface area contributed by atoms with E-state index in [1.54, 1.807) is 31.2 Å². The van der Waals surface area contributed by atoms with E-state index >= 15 is 0 Å². The summed E-state index contributed by atoms with van der Waals surface area (Å²) in [4.78, 5) is 10.1. The van der Waals surface area contributed by atoms with Crippen LogP contribution in [0.25, 0.3) is 0 Å². The average molecular weight is 386 g/mol. The van der Waals surface area contributed by atoms with Crippen LogP contribution in [-0.4, -0.2) is 11.5 Å². The monoisotopic (exact) mass is 385 g/mol. The number of nitrogens with zero attached hydrogens (tertiary/aromatic N) is 1. The molecule has 0 amide bonds. The molecule has 0 aliphatic rings. The van der Waals surface area contributed by atoms with E-state index in [0.717, 1.165) is 4.47 Å². The highest BCUT2D eigenvalue weighted by atomic mass is 79.9. The molecule has 0 aliphatic carbocycles. The van der Waals surface area contributed by atoms with Crippen molar-refractivity contribution in [3.05, 3.63) is 63.1 Å². The van der Waals surface area contributed by atoms with Crippen molar-refractivity contribution in [2.24, 2.45) is 0 Å². The maximum absolute atomic E-state index is 13.0. The molecule has 0 bridgehead atoms. The normalized spacial score (nSPS) is 13.4. The van der Waals surface area contributed by atoms with Crippen LogP contribution < -0.4 is 9.83 Å². The standard InChI is InChI=1S/C14H13BrNO5P/c1-2-20-22(19,14-5-3-4-11(15)10-14)21-13-8-6-12(7-9-13)16(17)18/h3-10H,2H2,1H3/t22-/m0/s1. The number of benzene rings is 2. The molecule has 0 heterocycles. The summed E-state index contributed by atoms with van der Waals surface area (Å²) in [5.74, 6) is 0.238. The summed E-state index contributed by atoms with van der Waals surface area (Å²) < 4.78 is 24.5. The first-order chi connectivity index (χ1) is 10.4. The van der Waals surface area contributed by atoms with Crippen molar-refractivity contribution in [1.29, 1.82) is 0 Å². The second-order valence-electron chi connectivity index (χ2n) is 4.24. The van der Waals surface area contributed by atoms with Gasteiger partial charge < -0.3 is 4.52 Å². The molecule has 0 saturated carbocycles. The third kappa shape index (κ3) is 3.94. The highest BCUT2D eigenvalue weighted by Gasteiger charge is 2.29.